The van der Waals surface area contributed by atoms with Crippen LogP contribution in [-0.2, 0) is 0 Å². The SMILES string of the molecule is Cc1cc(NCC(C(N)=NO)c2ccccc2)ccc1Br. The maximum Gasteiger partial charge on any atom is 0.148 e. The molecular formula is C16H18BrN3O. The van der Waals surface area contributed by atoms with E-state index in [1.165, 1.54) is 0 Å². The van der Waals surface area contributed by atoms with Crippen molar-refractivity contribution in [3.05, 3.63) is 64.1 Å². The van der Waals surface area contributed by atoms with Crippen molar-refractivity contribution in [1.82, 2.24) is 0 Å². The highest BCUT2D eigenvalue weighted by atomic mass is 79.9. The van der Waals surface area contributed by atoms with E-state index in [0.29, 0.717) is 6.54 Å². The zero-order chi connectivity index (χ0) is 15.2. The van der Waals surface area contributed by atoms with Crippen molar-refractivity contribution in [3.8, 4) is 0 Å². The number of nitrogens with one attached hydrogen (secondary N) is 1. The van der Waals surface area contributed by atoms with Crippen molar-refractivity contribution >= 4 is 27.5 Å². The maximum absolute atomic E-state index is 8.97. The molecule has 0 aliphatic rings. The van der Waals surface area contributed by atoms with Crippen LogP contribution in [-0.4, -0.2) is 17.6 Å². The normalized spacial score (nSPS) is 13.0. The molecule has 2 rings (SSSR count). The minimum absolute atomic E-state index is 0.180. The Labute approximate surface area is 132 Å². The summed E-state index contributed by atoms with van der Waals surface area (Å²) in [6.07, 6.45) is 0. The molecular weight excluding hydrogens is 330 g/mol. The van der Waals surface area contributed by atoms with Gasteiger partial charge in [0.2, 0.25) is 0 Å². The van der Waals surface area contributed by atoms with Crippen molar-refractivity contribution in [2.24, 2.45) is 10.9 Å². The second kappa shape index (κ2) is 7.13. The molecule has 5 heteroatoms. The van der Waals surface area contributed by atoms with Crippen molar-refractivity contribution < 1.29 is 5.21 Å². The number of rotatable bonds is 5. The number of oxime groups is 1. The Kier molecular flexibility index (Phi) is 5.22. The summed E-state index contributed by atoms with van der Waals surface area (Å²) >= 11 is 3.48. The van der Waals surface area contributed by atoms with E-state index in [0.717, 1.165) is 21.3 Å². The molecule has 0 heterocycles. The van der Waals surface area contributed by atoms with Gasteiger partial charge in [0.05, 0.1) is 5.92 Å². The first kappa shape index (κ1) is 15.4. The van der Waals surface area contributed by atoms with E-state index in [1.807, 2.05) is 49.4 Å². The van der Waals surface area contributed by atoms with Crippen molar-refractivity contribution in [2.45, 2.75) is 12.8 Å². The summed E-state index contributed by atoms with van der Waals surface area (Å²) in [5, 5.41) is 15.5. The van der Waals surface area contributed by atoms with E-state index < -0.39 is 0 Å². The second-order valence-corrected chi connectivity index (χ2v) is 5.69. The number of anilines is 1. The maximum atomic E-state index is 8.97. The van der Waals surface area contributed by atoms with E-state index in [9.17, 15) is 0 Å². The highest BCUT2D eigenvalue weighted by Crippen LogP contribution is 2.22. The summed E-state index contributed by atoms with van der Waals surface area (Å²) in [5.74, 6) is 0.0164. The van der Waals surface area contributed by atoms with Crippen molar-refractivity contribution in [2.75, 3.05) is 11.9 Å². The Morgan fingerprint density at radius 1 is 1.29 bits per heavy atom. The summed E-state index contributed by atoms with van der Waals surface area (Å²) in [5.41, 5.74) is 8.98. The van der Waals surface area contributed by atoms with Crippen LogP contribution >= 0.6 is 15.9 Å². The zero-order valence-electron chi connectivity index (χ0n) is 11.8. The molecule has 0 saturated carbocycles. The van der Waals surface area contributed by atoms with Gasteiger partial charge >= 0.3 is 0 Å². The van der Waals surface area contributed by atoms with Gasteiger partial charge in [0.15, 0.2) is 0 Å². The molecule has 0 saturated heterocycles. The fourth-order valence-corrected chi connectivity index (χ4v) is 2.37. The molecule has 4 N–H and O–H groups in total. The van der Waals surface area contributed by atoms with Crippen LogP contribution in [0.2, 0.25) is 0 Å². The van der Waals surface area contributed by atoms with Gasteiger partial charge in [0.25, 0.3) is 0 Å². The third kappa shape index (κ3) is 3.98. The number of nitrogens with two attached hydrogens (primary N) is 1. The van der Waals surface area contributed by atoms with Gasteiger partial charge in [0.1, 0.15) is 5.84 Å². The third-order valence-corrected chi connectivity index (χ3v) is 4.23. The van der Waals surface area contributed by atoms with Gasteiger partial charge in [-0.3, -0.25) is 0 Å². The Hall–Kier alpha value is -2.01. The van der Waals surface area contributed by atoms with Gasteiger partial charge in [-0.05, 0) is 36.2 Å². The molecule has 1 unspecified atom stereocenters. The molecule has 110 valence electrons. The molecule has 21 heavy (non-hydrogen) atoms. The van der Waals surface area contributed by atoms with Gasteiger partial charge in [-0.25, -0.2) is 0 Å². The lowest BCUT2D eigenvalue weighted by Crippen LogP contribution is -2.28. The van der Waals surface area contributed by atoms with Crippen LogP contribution < -0.4 is 11.1 Å². The van der Waals surface area contributed by atoms with E-state index in [4.69, 9.17) is 10.9 Å². The summed E-state index contributed by atoms with van der Waals surface area (Å²) in [6.45, 7) is 2.59. The average molecular weight is 348 g/mol. The van der Waals surface area contributed by atoms with E-state index >= 15 is 0 Å². The quantitative estimate of drug-likeness (QED) is 0.334. The highest BCUT2D eigenvalue weighted by Gasteiger charge is 2.16. The van der Waals surface area contributed by atoms with Crippen LogP contribution in [0.3, 0.4) is 0 Å². The van der Waals surface area contributed by atoms with Crippen molar-refractivity contribution in [1.29, 1.82) is 0 Å². The van der Waals surface area contributed by atoms with Crippen LogP contribution in [0.25, 0.3) is 0 Å². The van der Waals surface area contributed by atoms with E-state index in [1.54, 1.807) is 0 Å². The summed E-state index contributed by atoms with van der Waals surface area (Å²) in [7, 11) is 0. The van der Waals surface area contributed by atoms with E-state index in [-0.39, 0.29) is 11.8 Å². The Morgan fingerprint density at radius 2 is 2.00 bits per heavy atom. The Morgan fingerprint density at radius 3 is 2.62 bits per heavy atom. The van der Waals surface area contributed by atoms with Gasteiger partial charge in [-0.1, -0.05) is 51.4 Å². The monoisotopic (exact) mass is 347 g/mol. The zero-order valence-corrected chi connectivity index (χ0v) is 13.3. The highest BCUT2D eigenvalue weighted by molar-refractivity contribution is 9.10. The number of aryl methyl sites for hydroxylation is 1. The van der Waals surface area contributed by atoms with Gasteiger partial charge in [0, 0.05) is 16.7 Å². The molecule has 0 radical (unpaired) electrons. The molecule has 0 aromatic heterocycles. The van der Waals surface area contributed by atoms with Gasteiger partial charge in [-0.15, -0.1) is 0 Å². The van der Waals surface area contributed by atoms with Gasteiger partial charge in [-0.2, -0.15) is 0 Å². The minimum atomic E-state index is -0.180. The lowest BCUT2D eigenvalue weighted by atomic mass is 9.98. The largest absolute Gasteiger partial charge is 0.409 e. The van der Waals surface area contributed by atoms with Gasteiger partial charge < -0.3 is 16.3 Å². The first-order valence-electron chi connectivity index (χ1n) is 6.64. The molecule has 1 atom stereocenters. The predicted octanol–water partition coefficient (Wildman–Crippen LogP) is 3.70. The number of nitrogens with zero attached hydrogens (tertiary/aromatic N) is 1. The number of benzene rings is 2. The fourth-order valence-electron chi connectivity index (χ4n) is 2.12. The summed E-state index contributed by atoms with van der Waals surface area (Å²) < 4.78 is 1.07. The molecule has 0 bridgehead atoms. The van der Waals surface area contributed by atoms with Crippen LogP contribution in [0.4, 0.5) is 5.69 Å². The van der Waals surface area contributed by atoms with Crippen LogP contribution in [0, 0.1) is 6.92 Å². The molecule has 2 aromatic rings. The van der Waals surface area contributed by atoms with E-state index in [2.05, 4.69) is 32.5 Å². The van der Waals surface area contributed by atoms with Crippen LogP contribution in [0.1, 0.15) is 17.0 Å². The molecule has 2 aromatic carbocycles. The standard InChI is InChI=1S/C16H18BrN3O/c1-11-9-13(7-8-15(11)17)19-10-14(16(18)20-21)12-5-3-2-4-6-12/h2-9,14,19,21H,10H2,1H3,(H2,18,20). The van der Waals surface area contributed by atoms with Crippen LogP contribution in [0.5, 0.6) is 0 Å². The first-order valence-corrected chi connectivity index (χ1v) is 7.43. The predicted molar refractivity (Wildman–Crippen MR) is 90.0 cm³/mol. The Balaban J connectivity index is 2.15. The summed E-state index contributed by atoms with van der Waals surface area (Å²) in [4.78, 5) is 0. The van der Waals surface area contributed by atoms with Crippen LogP contribution in [0.15, 0.2) is 58.2 Å². The number of hydrogen-bond donors (Lipinski definition) is 3. The molecule has 0 amide bonds. The Bertz CT molecular complexity index is 629. The number of halogens is 1. The molecule has 0 spiro atoms. The molecule has 0 aliphatic heterocycles. The second-order valence-electron chi connectivity index (χ2n) is 4.83. The molecule has 0 fully saturated rings. The average Bonchev–Trinajstić information content (AvgIpc) is 2.51. The number of amidine groups is 1. The minimum Gasteiger partial charge on any atom is -0.409 e. The first-order chi connectivity index (χ1) is 10.1. The molecule has 4 nitrogen and oxygen atoms in total. The molecule has 0 aliphatic carbocycles. The topological polar surface area (TPSA) is 70.6 Å². The third-order valence-electron chi connectivity index (χ3n) is 3.34. The number of hydrogen-bond acceptors (Lipinski definition) is 3. The fraction of sp³-hybridized carbons (Fsp3) is 0.188. The summed E-state index contributed by atoms with van der Waals surface area (Å²) in [6, 6.07) is 15.8. The lowest BCUT2D eigenvalue weighted by molar-refractivity contribution is 0.316. The lowest BCUT2D eigenvalue weighted by Gasteiger charge is -2.18. The smallest absolute Gasteiger partial charge is 0.148 e. The van der Waals surface area contributed by atoms with Crippen molar-refractivity contribution in [3.63, 3.8) is 0 Å².